The summed E-state index contributed by atoms with van der Waals surface area (Å²) in [5.41, 5.74) is 1.61. The van der Waals surface area contributed by atoms with Crippen LogP contribution in [0.5, 0.6) is 0 Å². The Hall–Kier alpha value is -2.83. The second-order valence-corrected chi connectivity index (χ2v) is 5.75. The lowest BCUT2D eigenvalue weighted by Crippen LogP contribution is -2.42. The van der Waals surface area contributed by atoms with Crippen LogP contribution in [0.25, 0.3) is 0 Å². The lowest BCUT2D eigenvalue weighted by atomic mass is 10.1. The van der Waals surface area contributed by atoms with Gasteiger partial charge in [-0.2, -0.15) is 0 Å². The molecule has 1 heterocycles. The molecule has 7 nitrogen and oxygen atoms in total. The van der Waals surface area contributed by atoms with E-state index in [1.54, 1.807) is 11.1 Å². The van der Waals surface area contributed by atoms with Crippen LogP contribution in [0.1, 0.15) is 38.2 Å². The van der Waals surface area contributed by atoms with Gasteiger partial charge in [0.05, 0.1) is 0 Å². The van der Waals surface area contributed by atoms with Gasteiger partial charge in [-0.15, -0.1) is 0 Å². The molecule has 134 valence electrons. The maximum atomic E-state index is 12.5. The molecular weight excluding hydrogens is 318 g/mol. The summed E-state index contributed by atoms with van der Waals surface area (Å²) < 4.78 is 1.88. The molecule has 0 aliphatic carbocycles. The Bertz CT molecular complexity index is 719. The minimum absolute atomic E-state index is 0.122. The molecule has 0 saturated heterocycles. The van der Waals surface area contributed by atoms with E-state index in [-0.39, 0.29) is 18.0 Å². The van der Waals surface area contributed by atoms with Crippen LogP contribution >= 0.6 is 0 Å². The first kappa shape index (κ1) is 18.5. The first-order valence-electron chi connectivity index (χ1n) is 8.36. The number of carbonyl (C=O) groups is 2. The molecule has 0 aliphatic rings. The van der Waals surface area contributed by atoms with Crippen molar-refractivity contribution in [3.8, 4) is 0 Å². The number of urea groups is 1. The smallest absolute Gasteiger partial charge is 0.318 e. The van der Waals surface area contributed by atoms with E-state index in [0.29, 0.717) is 18.8 Å². The predicted molar refractivity (Wildman–Crippen MR) is 97.2 cm³/mol. The van der Waals surface area contributed by atoms with Crippen LogP contribution in [-0.4, -0.2) is 39.5 Å². The summed E-state index contributed by atoms with van der Waals surface area (Å²) in [6.07, 6.45) is 3.55. The molecule has 3 amide bonds. The Labute approximate surface area is 148 Å². The van der Waals surface area contributed by atoms with Gasteiger partial charge in [0.2, 0.25) is 5.91 Å². The molecule has 0 radical (unpaired) electrons. The van der Waals surface area contributed by atoms with Crippen molar-refractivity contribution >= 4 is 17.6 Å². The number of hydrogen-bond acceptors (Lipinski definition) is 3. The minimum atomic E-state index is -0.375. The van der Waals surface area contributed by atoms with E-state index in [4.69, 9.17) is 0 Å². The normalized spacial score (nSPS) is 11.7. The molecule has 0 aliphatic heterocycles. The molecule has 1 atom stereocenters. The highest BCUT2D eigenvalue weighted by Gasteiger charge is 2.22. The van der Waals surface area contributed by atoms with Crippen molar-refractivity contribution in [3.05, 3.63) is 48.0 Å². The van der Waals surface area contributed by atoms with Gasteiger partial charge in [0.1, 0.15) is 11.9 Å². The highest BCUT2D eigenvalue weighted by Crippen LogP contribution is 2.22. The summed E-state index contributed by atoms with van der Waals surface area (Å²) in [5.74, 6) is 0.621. The van der Waals surface area contributed by atoms with E-state index in [1.165, 1.54) is 6.92 Å². The maximum Gasteiger partial charge on any atom is 0.318 e. The molecule has 0 spiro atoms. The molecule has 25 heavy (non-hydrogen) atoms. The van der Waals surface area contributed by atoms with Crippen molar-refractivity contribution in [2.45, 2.75) is 26.8 Å². The third-order valence-electron chi connectivity index (χ3n) is 4.00. The van der Waals surface area contributed by atoms with Gasteiger partial charge in [-0.1, -0.05) is 12.1 Å². The molecule has 1 unspecified atom stereocenters. The second kappa shape index (κ2) is 8.32. The third-order valence-corrected chi connectivity index (χ3v) is 4.00. The molecule has 2 rings (SSSR count). The highest BCUT2D eigenvalue weighted by atomic mass is 16.2. The largest absolute Gasteiger partial charge is 0.336 e. The van der Waals surface area contributed by atoms with E-state index >= 15 is 0 Å². The zero-order valence-corrected chi connectivity index (χ0v) is 15.1. The Kier molecular flexibility index (Phi) is 6.16. The van der Waals surface area contributed by atoms with Gasteiger partial charge in [0.15, 0.2) is 0 Å². The maximum absolute atomic E-state index is 12.5. The molecule has 0 fully saturated rings. The number of nitrogens with one attached hydrogen (secondary N) is 2. The van der Waals surface area contributed by atoms with Gasteiger partial charge in [0.25, 0.3) is 0 Å². The van der Waals surface area contributed by atoms with Crippen LogP contribution in [0.4, 0.5) is 10.5 Å². The average molecular weight is 343 g/mol. The van der Waals surface area contributed by atoms with Crippen LogP contribution in [0.2, 0.25) is 0 Å². The van der Waals surface area contributed by atoms with Gasteiger partial charge in [-0.3, -0.25) is 4.79 Å². The Balaban J connectivity index is 2.30. The summed E-state index contributed by atoms with van der Waals surface area (Å²) in [6, 6.07) is 6.88. The number of amides is 3. The van der Waals surface area contributed by atoms with E-state index in [9.17, 15) is 9.59 Å². The summed E-state index contributed by atoms with van der Waals surface area (Å²) in [7, 11) is 1.89. The number of anilines is 1. The van der Waals surface area contributed by atoms with Crippen molar-refractivity contribution in [2.24, 2.45) is 7.05 Å². The van der Waals surface area contributed by atoms with Crippen molar-refractivity contribution in [1.29, 1.82) is 0 Å². The van der Waals surface area contributed by atoms with Crippen molar-refractivity contribution in [2.75, 3.05) is 18.4 Å². The van der Waals surface area contributed by atoms with Crippen molar-refractivity contribution in [1.82, 2.24) is 19.8 Å². The summed E-state index contributed by atoms with van der Waals surface area (Å²) in [5, 5.41) is 5.79. The fourth-order valence-electron chi connectivity index (χ4n) is 2.64. The monoisotopic (exact) mass is 343 g/mol. The van der Waals surface area contributed by atoms with Crippen LogP contribution in [0.3, 0.4) is 0 Å². The Morgan fingerprint density at radius 2 is 1.84 bits per heavy atom. The molecule has 1 aromatic carbocycles. The lowest BCUT2D eigenvalue weighted by molar-refractivity contribution is -0.114. The van der Waals surface area contributed by atoms with Gasteiger partial charge in [0, 0.05) is 45.1 Å². The molecule has 2 N–H and O–H groups in total. The SMILES string of the molecule is CCN(CC)C(=O)NC(c1ccc(NC(C)=O)cc1)c1nccn1C. The average Bonchev–Trinajstić information content (AvgIpc) is 3.00. The standard InChI is InChI=1S/C18H25N5O2/c1-5-23(6-2)18(25)21-16(17-19-11-12-22(17)4)14-7-9-15(10-8-14)20-13(3)24/h7-12,16H,5-6H2,1-4H3,(H,20,24)(H,21,25). The van der Waals surface area contributed by atoms with E-state index in [0.717, 1.165) is 11.4 Å². The van der Waals surface area contributed by atoms with E-state index in [1.807, 2.05) is 55.9 Å². The first-order chi connectivity index (χ1) is 12.0. The summed E-state index contributed by atoms with van der Waals surface area (Å²) in [4.78, 5) is 29.8. The number of carbonyl (C=O) groups excluding carboxylic acids is 2. The van der Waals surface area contributed by atoms with Crippen molar-refractivity contribution in [3.63, 3.8) is 0 Å². The molecule has 0 bridgehead atoms. The molecule has 7 heteroatoms. The third kappa shape index (κ3) is 4.59. The molecule has 2 aromatic rings. The van der Waals surface area contributed by atoms with Crippen molar-refractivity contribution < 1.29 is 9.59 Å². The van der Waals surface area contributed by atoms with Crippen LogP contribution in [-0.2, 0) is 11.8 Å². The number of aryl methyl sites for hydroxylation is 1. The lowest BCUT2D eigenvalue weighted by Gasteiger charge is -2.25. The summed E-state index contributed by atoms with van der Waals surface area (Å²) in [6.45, 7) is 6.63. The number of nitrogens with zero attached hydrogens (tertiary/aromatic N) is 3. The van der Waals surface area contributed by atoms with Gasteiger partial charge in [-0.25, -0.2) is 9.78 Å². The zero-order valence-electron chi connectivity index (χ0n) is 15.1. The van der Waals surface area contributed by atoms with E-state index < -0.39 is 0 Å². The fourth-order valence-corrected chi connectivity index (χ4v) is 2.64. The van der Waals surface area contributed by atoms with Gasteiger partial charge >= 0.3 is 6.03 Å². The van der Waals surface area contributed by atoms with E-state index in [2.05, 4.69) is 15.6 Å². The Morgan fingerprint density at radius 3 is 2.32 bits per heavy atom. The highest BCUT2D eigenvalue weighted by molar-refractivity contribution is 5.88. The van der Waals surface area contributed by atoms with Gasteiger partial charge in [-0.05, 0) is 31.5 Å². The summed E-state index contributed by atoms with van der Waals surface area (Å²) >= 11 is 0. The minimum Gasteiger partial charge on any atom is -0.336 e. The van der Waals surface area contributed by atoms with Gasteiger partial charge < -0.3 is 20.1 Å². The number of aromatic nitrogens is 2. The predicted octanol–water partition coefficient (Wildman–Crippen LogP) is 2.52. The Morgan fingerprint density at radius 1 is 1.20 bits per heavy atom. The molecule has 1 aromatic heterocycles. The molecular formula is C18H25N5O2. The quantitative estimate of drug-likeness (QED) is 0.846. The number of benzene rings is 1. The topological polar surface area (TPSA) is 79.3 Å². The number of hydrogen-bond donors (Lipinski definition) is 2. The van der Waals surface area contributed by atoms with Crippen LogP contribution in [0.15, 0.2) is 36.7 Å². The number of rotatable bonds is 6. The number of imidazole rings is 1. The van der Waals surface area contributed by atoms with Crippen LogP contribution < -0.4 is 10.6 Å². The zero-order chi connectivity index (χ0) is 18.4. The second-order valence-electron chi connectivity index (χ2n) is 5.75. The molecule has 0 saturated carbocycles. The fraction of sp³-hybridized carbons (Fsp3) is 0.389. The van der Waals surface area contributed by atoms with Crippen LogP contribution in [0, 0.1) is 0 Å². The first-order valence-corrected chi connectivity index (χ1v) is 8.36.